The molecule has 1 rings (SSSR count). The highest BCUT2D eigenvalue weighted by Crippen LogP contribution is 2.25. The fraction of sp³-hybridized carbons (Fsp3) is 0.462. The van der Waals surface area contributed by atoms with E-state index in [9.17, 15) is 4.39 Å². The standard InChI is InChI=1S/C13H19FN2/c1-5-16(12(15)13(2,3)4)11-9-7-6-8-10(11)14/h6-9,15H,5H2,1-4H3. The van der Waals surface area contributed by atoms with Crippen LogP contribution in [0.5, 0.6) is 0 Å². The molecule has 0 aliphatic carbocycles. The third kappa shape index (κ3) is 2.60. The number of anilines is 1. The second kappa shape index (κ2) is 4.64. The molecule has 0 saturated heterocycles. The van der Waals surface area contributed by atoms with Gasteiger partial charge >= 0.3 is 0 Å². The number of amidine groups is 1. The first kappa shape index (κ1) is 12.7. The maximum Gasteiger partial charge on any atom is 0.146 e. The molecule has 0 bridgehead atoms. The second-order valence-corrected chi connectivity index (χ2v) is 4.79. The Morgan fingerprint density at radius 2 is 1.88 bits per heavy atom. The zero-order chi connectivity index (χ0) is 12.3. The molecule has 0 aliphatic rings. The summed E-state index contributed by atoms with van der Waals surface area (Å²) in [6.45, 7) is 8.39. The van der Waals surface area contributed by atoms with Gasteiger partial charge in [-0.3, -0.25) is 5.41 Å². The van der Waals surface area contributed by atoms with Crippen molar-refractivity contribution in [3.63, 3.8) is 0 Å². The zero-order valence-corrected chi connectivity index (χ0v) is 10.3. The Bertz CT molecular complexity index is 380. The normalized spacial score (nSPS) is 11.3. The summed E-state index contributed by atoms with van der Waals surface area (Å²) < 4.78 is 13.6. The van der Waals surface area contributed by atoms with Gasteiger partial charge in [0.1, 0.15) is 11.7 Å². The Morgan fingerprint density at radius 1 is 1.31 bits per heavy atom. The summed E-state index contributed by atoms with van der Waals surface area (Å²) in [5, 5.41) is 8.09. The topological polar surface area (TPSA) is 27.1 Å². The van der Waals surface area contributed by atoms with E-state index in [1.165, 1.54) is 6.07 Å². The van der Waals surface area contributed by atoms with Gasteiger partial charge in [-0.2, -0.15) is 0 Å². The fourth-order valence-corrected chi connectivity index (χ4v) is 1.52. The van der Waals surface area contributed by atoms with Crippen LogP contribution in [0.15, 0.2) is 24.3 Å². The van der Waals surface area contributed by atoms with Gasteiger partial charge in [-0.05, 0) is 19.1 Å². The number of hydrogen-bond donors (Lipinski definition) is 1. The molecule has 0 aromatic heterocycles. The molecule has 0 unspecified atom stereocenters. The van der Waals surface area contributed by atoms with Crippen molar-refractivity contribution in [2.45, 2.75) is 27.7 Å². The predicted octanol–water partition coefficient (Wildman–Crippen LogP) is 3.68. The van der Waals surface area contributed by atoms with Gasteiger partial charge in [0, 0.05) is 12.0 Å². The summed E-state index contributed by atoms with van der Waals surface area (Å²) in [5.74, 6) is 0.151. The lowest BCUT2D eigenvalue weighted by Gasteiger charge is -2.31. The van der Waals surface area contributed by atoms with Gasteiger partial charge in [-0.15, -0.1) is 0 Å². The summed E-state index contributed by atoms with van der Waals surface area (Å²) in [7, 11) is 0. The van der Waals surface area contributed by atoms with Crippen molar-refractivity contribution in [3.05, 3.63) is 30.1 Å². The molecule has 0 amide bonds. The van der Waals surface area contributed by atoms with Crippen LogP contribution in [-0.4, -0.2) is 12.4 Å². The third-order valence-corrected chi connectivity index (χ3v) is 2.44. The summed E-state index contributed by atoms with van der Waals surface area (Å²) in [6.07, 6.45) is 0. The molecule has 0 heterocycles. The van der Waals surface area contributed by atoms with Gasteiger partial charge in [0.2, 0.25) is 0 Å². The average Bonchev–Trinajstić information content (AvgIpc) is 2.20. The van der Waals surface area contributed by atoms with E-state index in [0.29, 0.717) is 18.1 Å². The first-order chi connectivity index (χ1) is 7.38. The molecule has 88 valence electrons. The molecule has 1 aromatic rings. The summed E-state index contributed by atoms with van der Waals surface area (Å²) in [6, 6.07) is 6.58. The van der Waals surface area contributed by atoms with E-state index >= 15 is 0 Å². The summed E-state index contributed by atoms with van der Waals surface area (Å²) >= 11 is 0. The first-order valence-corrected chi connectivity index (χ1v) is 5.49. The van der Waals surface area contributed by atoms with Crippen molar-refractivity contribution < 1.29 is 4.39 Å². The van der Waals surface area contributed by atoms with E-state index in [2.05, 4.69) is 0 Å². The highest BCUT2D eigenvalue weighted by atomic mass is 19.1. The minimum Gasteiger partial charge on any atom is -0.328 e. The van der Waals surface area contributed by atoms with Crippen molar-refractivity contribution in [3.8, 4) is 0 Å². The highest BCUT2D eigenvalue weighted by Gasteiger charge is 2.24. The SMILES string of the molecule is CCN(C(=N)C(C)(C)C)c1ccccc1F. The van der Waals surface area contributed by atoms with Crippen molar-refractivity contribution in [1.29, 1.82) is 5.41 Å². The van der Waals surface area contributed by atoms with Crippen molar-refractivity contribution >= 4 is 11.5 Å². The summed E-state index contributed by atoms with van der Waals surface area (Å²) in [4.78, 5) is 1.70. The fourth-order valence-electron chi connectivity index (χ4n) is 1.52. The lowest BCUT2D eigenvalue weighted by atomic mass is 9.93. The minimum absolute atomic E-state index is 0.279. The Balaban J connectivity index is 3.09. The number of nitrogens with zero attached hydrogens (tertiary/aromatic N) is 1. The van der Waals surface area contributed by atoms with E-state index < -0.39 is 0 Å². The molecular formula is C13H19FN2. The largest absolute Gasteiger partial charge is 0.328 e. The molecule has 0 saturated carbocycles. The van der Waals surface area contributed by atoms with E-state index in [1.54, 1.807) is 23.1 Å². The number of benzene rings is 1. The molecule has 2 nitrogen and oxygen atoms in total. The molecular weight excluding hydrogens is 203 g/mol. The lowest BCUT2D eigenvalue weighted by molar-refractivity contribution is 0.568. The summed E-state index contributed by atoms with van der Waals surface area (Å²) in [5.41, 5.74) is 0.197. The highest BCUT2D eigenvalue weighted by molar-refractivity contribution is 5.99. The molecule has 0 spiro atoms. The molecule has 1 aromatic carbocycles. The average molecular weight is 222 g/mol. The van der Waals surface area contributed by atoms with Crippen LogP contribution in [0.25, 0.3) is 0 Å². The van der Waals surface area contributed by atoms with Gasteiger partial charge in [0.15, 0.2) is 0 Å². The monoisotopic (exact) mass is 222 g/mol. The van der Waals surface area contributed by atoms with Crippen LogP contribution < -0.4 is 4.90 Å². The lowest BCUT2D eigenvalue weighted by Crippen LogP contribution is -2.39. The van der Waals surface area contributed by atoms with E-state index in [-0.39, 0.29) is 11.2 Å². The molecule has 0 radical (unpaired) electrons. The molecule has 0 aliphatic heterocycles. The van der Waals surface area contributed by atoms with Gasteiger partial charge in [-0.1, -0.05) is 32.9 Å². The molecule has 3 heteroatoms. The van der Waals surface area contributed by atoms with E-state index in [4.69, 9.17) is 5.41 Å². The van der Waals surface area contributed by atoms with E-state index in [0.717, 1.165) is 0 Å². The van der Waals surface area contributed by atoms with Gasteiger partial charge in [-0.25, -0.2) is 4.39 Å². The second-order valence-electron chi connectivity index (χ2n) is 4.79. The van der Waals surface area contributed by atoms with Crippen LogP contribution in [0, 0.1) is 16.6 Å². The van der Waals surface area contributed by atoms with Crippen molar-refractivity contribution in [2.75, 3.05) is 11.4 Å². The number of para-hydroxylation sites is 1. The third-order valence-electron chi connectivity index (χ3n) is 2.44. The van der Waals surface area contributed by atoms with Crippen LogP contribution in [0.2, 0.25) is 0 Å². The predicted molar refractivity (Wildman–Crippen MR) is 66.6 cm³/mol. The quantitative estimate of drug-likeness (QED) is 0.600. The number of halogens is 1. The number of nitrogens with one attached hydrogen (secondary N) is 1. The Hall–Kier alpha value is -1.38. The van der Waals surface area contributed by atoms with E-state index in [1.807, 2.05) is 27.7 Å². The number of rotatable bonds is 2. The molecule has 1 N–H and O–H groups in total. The van der Waals surface area contributed by atoms with Gasteiger partial charge in [0.05, 0.1) is 5.69 Å². The van der Waals surface area contributed by atoms with Crippen LogP contribution in [0.1, 0.15) is 27.7 Å². The zero-order valence-electron chi connectivity index (χ0n) is 10.3. The van der Waals surface area contributed by atoms with Crippen LogP contribution in [-0.2, 0) is 0 Å². The molecule has 0 atom stereocenters. The van der Waals surface area contributed by atoms with Gasteiger partial charge < -0.3 is 4.90 Å². The maximum absolute atomic E-state index is 13.6. The minimum atomic E-state index is -0.279. The molecule has 0 fully saturated rings. The van der Waals surface area contributed by atoms with Crippen LogP contribution >= 0.6 is 0 Å². The Labute approximate surface area is 96.6 Å². The Morgan fingerprint density at radius 3 is 2.31 bits per heavy atom. The van der Waals surface area contributed by atoms with Gasteiger partial charge in [0.25, 0.3) is 0 Å². The Kier molecular flexibility index (Phi) is 3.68. The van der Waals surface area contributed by atoms with Crippen molar-refractivity contribution in [2.24, 2.45) is 5.41 Å². The first-order valence-electron chi connectivity index (χ1n) is 5.49. The van der Waals surface area contributed by atoms with Crippen LogP contribution in [0.3, 0.4) is 0 Å². The molecule has 16 heavy (non-hydrogen) atoms. The van der Waals surface area contributed by atoms with Crippen molar-refractivity contribution in [1.82, 2.24) is 0 Å². The maximum atomic E-state index is 13.6. The smallest absolute Gasteiger partial charge is 0.146 e. The number of hydrogen-bond acceptors (Lipinski definition) is 1. The van der Waals surface area contributed by atoms with Crippen LogP contribution in [0.4, 0.5) is 10.1 Å².